The highest BCUT2D eigenvalue weighted by molar-refractivity contribution is 7.91. The Balaban J connectivity index is 1.88. The van der Waals surface area contributed by atoms with E-state index < -0.39 is 22.0 Å². The topological polar surface area (TPSA) is 63.7 Å². The van der Waals surface area contributed by atoms with Crippen molar-refractivity contribution >= 4 is 38.9 Å². The highest BCUT2D eigenvalue weighted by atomic mass is 35.5. The molecule has 1 aliphatic heterocycles. The summed E-state index contributed by atoms with van der Waals surface area (Å²) in [7, 11) is -3.18. The minimum atomic E-state index is -3.18. The molecule has 174 valence electrons. The minimum absolute atomic E-state index is 0.0572. The first-order chi connectivity index (χ1) is 15.0. The molecule has 0 radical (unpaired) electrons. The summed E-state index contributed by atoms with van der Waals surface area (Å²) in [5, 5.41) is 0.933. The van der Waals surface area contributed by atoms with Gasteiger partial charge in [0, 0.05) is 22.6 Å². The first kappa shape index (κ1) is 24.9. The predicted octanol–water partition coefficient (Wildman–Crippen LogP) is 5.41. The molecule has 1 fully saturated rings. The average Bonchev–Trinajstić information content (AvgIpc) is 3.06. The molecule has 3 rings (SSSR count). The van der Waals surface area contributed by atoms with Crippen molar-refractivity contribution in [3.8, 4) is 5.75 Å². The highest BCUT2D eigenvalue weighted by Gasteiger charge is 2.37. The number of hydrogen-bond donors (Lipinski definition) is 0. The standard InChI is InChI=1S/C24H29Cl2NO4S/c1-15(2)21-8-5-16(3)11-23(21)31-17(4)24(28)27(20-9-10-32(29,30)14-20)13-18-6-7-19(25)12-22(18)26/h5-8,11-12,15,17,20H,9-10,13-14H2,1-4H3. The lowest BCUT2D eigenvalue weighted by Crippen LogP contribution is -2.46. The van der Waals surface area contributed by atoms with Gasteiger partial charge in [0.2, 0.25) is 0 Å². The third-order valence-electron chi connectivity index (χ3n) is 5.73. The number of nitrogens with zero attached hydrogens (tertiary/aromatic N) is 1. The Kier molecular flexibility index (Phi) is 7.79. The van der Waals surface area contributed by atoms with Gasteiger partial charge in [0.15, 0.2) is 15.9 Å². The second kappa shape index (κ2) is 10.0. The van der Waals surface area contributed by atoms with Gasteiger partial charge in [-0.1, -0.05) is 55.2 Å². The van der Waals surface area contributed by atoms with Crippen LogP contribution in [0, 0.1) is 6.92 Å². The Morgan fingerprint density at radius 3 is 2.47 bits per heavy atom. The molecule has 0 saturated carbocycles. The van der Waals surface area contributed by atoms with Crippen molar-refractivity contribution in [2.75, 3.05) is 11.5 Å². The van der Waals surface area contributed by atoms with Crippen LogP contribution in [0.3, 0.4) is 0 Å². The molecule has 0 bridgehead atoms. The van der Waals surface area contributed by atoms with E-state index in [1.165, 1.54) is 0 Å². The van der Waals surface area contributed by atoms with E-state index in [-0.39, 0.29) is 29.9 Å². The number of rotatable bonds is 7. The summed E-state index contributed by atoms with van der Waals surface area (Å²) in [6.45, 7) is 8.01. The molecule has 2 atom stereocenters. The number of hydrogen-bond acceptors (Lipinski definition) is 4. The van der Waals surface area contributed by atoms with Gasteiger partial charge in [-0.25, -0.2) is 8.42 Å². The Morgan fingerprint density at radius 2 is 1.88 bits per heavy atom. The highest BCUT2D eigenvalue weighted by Crippen LogP contribution is 2.30. The molecule has 2 aromatic rings. The molecule has 1 aliphatic rings. The van der Waals surface area contributed by atoms with Crippen LogP contribution in [-0.2, 0) is 21.2 Å². The summed E-state index contributed by atoms with van der Waals surface area (Å²) in [5.41, 5.74) is 2.76. The lowest BCUT2D eigenvalue weighted by molar-refractivity contribution is -0.140. The number of aryl methyl sites for hydroxylation is 1. The normalized spacial score (nSPS) is 18.5. The van der Waals surface area contributed by atoms with Crippen LogP contribution in [0.1, 0.15) is 49.8 Å². The minimum Gasteiger partial charge on any atom is -0.481 e. The third-order valence-corrected chi connectivity index (χ3v) is 8.07. The largest absolute Gasteiger partial charge is 0.481 e. The van der Waals surface area contributed by atoms with Crippen LogP contribution in [-0.4, -0.2) is 42.9 Å². The average molecular weight is 498 g/mol. The monoisotopic (exact) mass is 497 g/mol. The van der Waals surface area contributed by atoms with Gasteiger partial charge in [-0.05, 0) is 61.1 Å². The van der Waals surface area contributed by atoms with Crippen LogP contribution >= 0.6 is 23.2 Å². The fraction of sp³-hybridized carbons (Fsp3) is 0.458. The summed E-state index contributed by atoms with van der Waals surface area (Å²) in [5.74, 6) is 0.647. The number of halogens is 2. The maximum absolute atomic E-state index is 13.5. The van der Waals surface area contributed by atoms with Crippen LogP contribution in [0.2, 0.25) is 10.0 Å². The van der Waals surface area contributed by atoms with E-state index in [0.717, 1.165) is 11.1 Å². The first-order valence-electron chi connectivity index (χ1n) is 10.7. The second-order valence-electron chi connectivity index (χ2n) is 8.71. The van der Waals surface area contributed by atoms with Crippen molar-refractivity contribution in [1.82, 2.24) is 4.90 Å². The first-order valence-corrected chi connectivity index (χ1v) is 13.3. The number of sulfone groups is 1. The number of amides is 1. The van der Waals surface area contributed by atoms with Crippen LogP contribution in [0.15, 0.2) is 36.4 Å². The molecule has 0 aromatic heterocycles. The third kappa shape index (κ3) is 5.97. The molecule has 1 saturated heterocycles. The zero-order chi connectivity index (χ0) is 23.6. The van der Waals surface area contributed by atoms with Gasteiger partial charge in [0.05, 0.1) is 11.5 Å². The van der Waals surface area contributed by atoms with E-state index in [2.05, 4.69) is 13.8 Å². The molecule has 5 nitrogen and oxygen atoms in total. The number of carbonyl (C=O) groups excluding carboxylic acids is 1. The van der Waals surface area contributed by atoms with Crippen LogP contribution in [0.5, 0.6) is 5.75 Å². The second-order valence-corrected chi connectivity index (χ2v) is 11.8. The van der Waals surface area contributed by atoms with Crippen molar-refractivity contribution in [3.63, 3.8) is 0 Å². The van der Waals surface area contributed by atoms with Crippen molar-refractivity contribution in [3.05, 3.63) is 63.1 Å². The number of carbonyl (C=O) groups is 1. The van der Waals surface area contributed by atoms with Crippen molar-refractivity contribution in [2.45, 2.75) is 58.7 Å². The van der Waals surface area contributed by atoms with E-state index in [0.29, 0.717) is 27.8 Å². The molecule has 0 aliphatic carbocycles. The van der Waals surface area contributed by atoms with Gasteiger partial charge < -0.3 is 9.64 Å². The van der Waals surface area contributed by atoms with E-state index in [9.17, 15) is 13.2 Å². The summed E-state index contributed by atoms with van der Waals surface area (Å²) >= 11 is 12.4. The maximum Gasteiger partial charge on any atom is 0.263 e. The molecule has 1 heterocycles. The molecule has 32 heavy (non-hydrogen) atoms. The molecule has 2 unspecified atom stereocenters. The van der Waals surface area contributed by atoms with Gasteiger partial charge in [-0.3, -0.25) is 4.79 Å². The molecule has 8 heteroatoms. The molecule has 1 amide bonds. The quantitative estimate of drug-likeness (QED) is 0.512. The van der Waals surface area contributed by atoms with Gasteiger partial charge in [-0.15, -0.1) is 0 Å². The lowest BCUT2D eigenvalue weighted by atomic mass is 10.0. The summed E-state index contributed by atoms with van der Waals surface area (Å²) in [6.07, 6.45) is -0.392. The molecule has 2 aromatic carbocycles. The van der Waals surface area contributed by atoms with E-state index in [1.54, 1.807) is 30.0 Å². The van der Waals surface area contributed by atoms with Crippen LogP contribution in [0.4, 0.5) is 0 Å². The van der Waals surface area contributed by atoms with Crippen LogP contribution in [0.25, 0.3) is 0 Å². The predicted molar refractivity (Wildman–Crippen MR) is 129 cm³/mol. The molecule has 0 spiro atoms. The molecular weight excluding hydrogens is 469 g/mol. The fourth-order valence-electron chi connectivity index (χ4n) is 3.94. The van der Waals surface area contributed by atoms with E-state index in [4.69, 9.17) is 27.9 Å². The van der Waals surface area contributed by atoms with Crippen molar-refractivity contribution in [2.24, 2.45) is 0 Å². The summed E-state index contributed by atoms with van der Waals surface area (Å²) < 4.78 is 30.4. The molecular formula is C24H29Cl2NO4S. The fourth-order valence-corrected chi connectivity index (χ4v) is 6.14. The Bertz CT molecular complexity index is 1100. The van der Waals surface area contributed by atoms with E-state index >= 15 is 0 Å². The SMILES string of the molecule is Cc1ccc(C(C)C)c(OC(C)C(=O)N(Cc2ccc(Cl)cc2Cl)C2CCS(=O)(=O)C2)c1. The zero-order valence-corrected chi connectivity index (χ0v) is 21.1. The Hall–Kier alpha value is -1.76. The Labute approximate surface area is 200 Å². The van der Waals surface area contributed by atoms with Crippen molar-refractivity contribution in [1.29, 1.82) is 0 Å². The van der Waals surface area contributed by atoms with Crippen LogP contribution < -0.4 is 4.74 Å². The Morgan fingerprint density at radius 1 is 1.16 bits per heavy atom. The van der Waals surface area contributed by atoms with E-state index in [1.807, 2.05) is 25.1 Å². The van der Waals surface area contributed by atoms with Gasteiger partial charge in [-0.2, -0.15) is 0 Å². The number of benzene rings is 2. The van der Waals surface area contributed by atoms with Gasteiger partial charge in [0.25, 0.3) is 5.91 Å². The maximum atomic E-state index is 13.5. The zero-order valence-electron chi connectivity index (χ0n) is 18.8. The van der Waals surface area contributed by atoms with Gasteiger partial charge in [0.1, 0.15) is 5.75 Å². The number of ether oxygens (including phenoxy) is 1. The van der Waals surface area contributed by atoms with Gasteiger partial charge >= 0.3 is 0 Å². The lowest BCUT2D eigenvalue weighted by Gasteiger charge is -2.31. The summed E-state index contributed by atoms with van der Waals surface area (Å²) in [6, 6.07) is 10.6. The smallest absolute Gasteiger partial charge is 0.263 e. The molecule has 0 N–H and O–H groups in total. The van der Waals surface area contributed by atoms with Crippen molar-refractivity contribution < 1.29 is 17.9 Å². The summed E-state index contributed by atoms with van der Waals surface area (Å²) in [4.78, 5) is 15.1.